The third-order valence-electron chi connectivity index (χ3n) is 6.28. The lowest BCUT2D eigenvalue weighted by atomic mass is 10.0. The van der Waals surface area contributed by atoms with Crippen molar-refractivity contribution in [3.05, 3.63) is 89.2 Å². The molecule has 2 aromatic heterocycles. The molecule has 0 N–H and O–H groups in total. The Labute approximate surface area is 192 Å². The lowest BCUT2D eigenvalue weighted by molar-refractivity contribution is 0.221. The Bertz CT molecular complexity index is 1260. The molecule has 5 rings (SSSR count). The normalized spacial score (nSPS) is 14.6. The van der Waals surface area contributed by atoms with E-state index < -0.39 is 11.6 Å². The van der Waals surface area contributed by atoms with Gasteiger partial charge in [0, 0.05) is 18.3 Å². The van der Waals surface area contributed by atoms with Crippen LogP contribution in [0, 0.1) is 18.6 Å². The number of nitrogens with zero attached hydrogens (tertiary/aromatic N) is 3. The molecule has 0 unspecified atom stereocenters. The zero-order valence-electron chi connectivity index (χ0n) is 18.7. The average molecular weight is 448 g/mol. The lowest BCUT2D eigenvalue weighted by Gasteiger charge is -2.26. The zero-order chi connectivity index (χ0) is 22.8. The van der Waals surface area contributed by atoms with Gasteiger partial charge in [-0.05, 0) is 68.8 Å². The van der Waals surface area contributed by atoms with Crippen LogP contribution in [0.5, 0.6) is 5.75 Å². The van der Waals surface area contributed by atoms with Crippen molar-refractivity contribution in [3.8, 4) is 17.0 Å². The minimum absolute atomic E-state index is 0.0894. The summed E-state index contributed by atoms with van der Waals surface area (Å²) >= 11 is 0. The number of imidazole rings is 1. The third-order valence-corrected chi connectivity index (χ3v) is 6.28. The van der Waals surface area contributed by atoms with Crippen LogP contribution in [0.15, 0.2) is 60.8 Å². The van der Waals surface area contributed by atoms with E-state index >= 15 is 0 Å². The van der Waals surface area contributed by atoms with E-state index in [1.807, 2.05) is 23.6 Å². The van der Waals surface area contributed by atoms with Gasteiger partial charge in [-0.25, -0.2) is 13.8 Å². The summed E-state index contributed by atoms with van der Waals surface area (Å²) in [5.41, 5.74) is 4.78. The average Bonchev–Trinajstić information content (AvgIpc) is 3.16. The highest BCUT2D eigenvalue weighted by Gasteiger charge is 2.17. The van der Waals surface area contributed by atoms with E-state index in [9.17, 15) is 8.78 Å². The summed E-state index contributed by atoms with van der Waals surface area (Å²) in [6.07, 6.45) is 5.81. The first-order valence-electron chi connectivity index (χ1n) is 11.4. The third kappa shape index (κ3) is 4.48. The largest absolute Gasteiger partial charge is 0.485 e. The fourth-order valence-electron chi connectivity index (χ4n) is 4.63. The molecule has 0 aliphatic carbocycles. The van der Waals surface area contributed by atoms with Gasteiger partial charge in [-0.2, -0.15) is 0 Å². The number of fused-ring (bicyclic) bond motifs is 1. The number of likely N-dealkylation sites (tertiary alicyclic amines) is 1. The maximum Gasteiger partial charge on any atom is 0.180 e. The minimum atomic E-state index is -0.618. The number of halogens is 2. The Hall–Kier alpha value is -3.25. The Kier molecular flexibility index (Phi) is 6.09. The Balaban J connectivity index is 1.44. The molecule has 0 bridgehead atoms. The van der Waals surface area contributed by atoms with E-state index in [1.165, 1.54) is 43.0 Å². The minimum Gasteiger partial charge on any atom is -0.485 e. The topological polar surface area (TPSA) is 29.8 Å². The van der Waals surface area contributed by atoms with E-state index in [1.54, 1.807) is 6.07 Å². The molecule has 1 saturated heterocycles. The molecule has 170 valence electrons. The monoisotopic (exact) mass is 447 g/mol. The zero-order valence-corrected chi connectivity index (χ0v) is 18.7. The molecule has 0 amide bonds. The van der Waals surface area contributed by atoms with Crippen molar-refractivity contribution in [2.45, 2.75) is 39.3 Å². The van der Waals surface area contributed by atoms with Gasteiger partial charge in [0.05, 0.1) is 17.0 Å². The highest BCUT2D eigenvalue weighted by molar-refractivity contribution is 5.70. The molecule has 3 heterocycles. The number of piperidine rings is 1. The van der Waals surface area contributed by atoms with E-state index in [2.05, 4.69) is 29.2 Å². The number of rotatable bonds is 6. The molecule has 0 radical (unpaired) electrons. The van der Waals surface area contributed by atoms with Crippen LogP contribution in [0.25, 0.3) is 16.9 Å². The van der Waals surface area contributed by atoms with Gasteiger partial charge in [0.2, 0.25) is 0 Å². The highest BCUT2D eigenvalue weighted by atomic mass is 19.1. The SMILES string of the molecule is Cc1nc2c(OCc3c(F)cccc3F)cccn2c1-c1cccc(CN2CCCCC2)c1. The van der Waals surface area contributed by atoms with E-state index in [4.69, 9.17) is 9.72 Å². The van der Waals surface area contributed by atoms with Gasteiger partial charge in [-0.1, -0.05) is 30.7 Å². The molecule has 4 nitrogen and oxygen atoms in total. The lowest BCUT2D eigenvalue weighted by Crippen LogP contribution is -2.29. The maximum atomic E-state index is 14.0. The smallest absolute Gasteiger partial charge is 0.180 e. The molecule has 4 aromatic rings. The fourth-order valence-corrected chi connectivity index (χ4v) is 4.63. The van der Waals surface area contributed by atoms with Crippen LogP contribution < -0.4 is 4.74 Å². The molecule has 2 aromatic carbocycles. The quantitative estimate of drug-likeness (QED) is 0.355. The van der Waals surface area contributed by atoms with Gasteiger partial charge in [0.15, 0.2) is 11.4 Å². The number of hydrogen-bond acceptors (Lipinski definition) is 3. The second-order valence-electron chi connectivity index (χ2n) is 8.64. The second kappa shape index (κ2) is 9.32. The summed E-state index contributed by atoms with van der Waals surface area (Å²) in [5, 5.41) is 0. The molecule has 0 atom stereocenters. The predicted octanol–water partition coefficient (Wildman–Crippen LogP) is 6.15. The standard InChI is InChI=1S/C27H27F2N3O/c1-19-26(21-9-5-8-20(16-21)17-31-13-3-2-4-14-31)32-15-7-12-25(27(32)30-19)33-18-22-23(28)10-6-11-24(22)29/h5-12,15-16H,2-4,13-14,17-18H2,1H3. The van der Waals surface area contributed by atoms with E-state index in [-0.39, 0.29) is 12.2 Å². The van der Waals surface area contributed by atoms with Crippen LogP contribution in [0.1, 0.15) is 36.1 Å². The number of aryl methyl sites for hydroxylation is 1. The molecule has 1 aliphatic heterocycles. The summed E-state index contributed by atoms with van der Waals surface area (Å²) in [6.45, 7) is 5.03. The molecular formula is C27H27F2N3O. The van der Waals surface area contributed by atoms with Gasteiger partial charge < -0.3 is 4.74 Å². The van der Waals surface area contributed by atoms with Gasteiger partial charge in [0.1, 0.15) is 18.2 Å². The van der Waals surface area contributed by atoms with Crippen LogP contribution in [0.3, 0.4) is 0 Å². The Morgan fingerprint density at radius 1 is 0.939 bits per heavy atom. The number of benzene rings is 2. The number of aromatic nitrogens is 2. The Morgan fingerprint density at radius 2 is 1.70 bits per heavy atom. The van der Waals surface area contributed by atoms with Crippen LogP contribution >= 0.6 is 0 Å². The van der Waals surface area contributed by atoms with Crippen molar-refractivity contribution < 1.29 is 13.5 Å². The van der Waals surface area contributed by atoms with Crippen LogP contribution in [0.2, 0.25) is 0 Å². The summed E-state index contributed by atoms with van der Waals surface area (Å²) in [4.78, 5) is 7.24. The molecule has 0 spiro atoms. The van der Waals surface area contributed by atoms with Crippen molar-refractivity contribution in [2.75, 3.05) is 13.1 Å². The summed E-state index contributed by atoms with van der Waals surface area (Å²) in [6, 6.07) is 16.0. The molecule has 6 heteroatoms. The van der Waals surface area contributed by atoms with Crippen molar-refractivity contribution in [2.24, 2.45) is 0 Å². The maximum absolute atomic E-state index is 14.0. The second-order valence-corrected chi connectivity index (χ2v) is 8.64. The Morgan fingerprint density at radius 3 is 2.48 bits per heavy atom. The number of ether oxygens (including phenoxy) is 1. The number of pyridine rings is 1. The van der Waals surface area contributed by atoms with Crippen molar-refractivity contribution in [3.63, 3.8) is 0 Å². The first-order chi connectivity index (χ1) is 16.1. The highest BCUT2D eigenvalue weighted by Crippen LogP contribution is 2.30. The van der Waals surface area contributed by atoms with Gasteiger partial charge in [-0.15, -0.1) is 0 Å². The summed E-state index contributed by atoms with van der Waals surface area (Å²) in [5.74, 6) is -0.751. The first-order valence-corrected chi connectivity index (χ1v) is 11.4. The molecule has 33 heavy (non-hydrogen) atoms. The van der Waals surface area contributed by atoms with E-state index in [0.29, 0.717) is 11.4 Å². The van der Waals surface area contributed by atoms with Gasteiger partial charge >= 0.3 is 0 Å². The van der Waals surface area contributed by atoms with Crippen molar-refractivity contribution >= 4 is 5.65 Å². The van der Waals surface area contributed by atoms with Crippen LogP contribution in [-0.2, 0) is 13.2 Å². The van der Waals surface area contributed by atoms with Gasteiger partial charge in [-0.3, -0.25) is 9.30 Å². The van der Waals surface area contributed by atoms with Crippen LogP contribution in [-0.4, -0.2) is 27.4 Å². The van der Waals surface area contributed by atoms with Gasteiger partial charge in [0.25, 0.3) is 0 Å². The van der Waals surface area contributed by atoms with Crippen molar-refractivity contribution in [1.29, 1.82) is 0 Å². The molecule has 1 aliphatic rings. The van der Waals surface area contributed by atoms with E-state index in [0.717, 1.165) is 36.6 Å². The number of hydrogen-bond donors (Lipinski definition) is 0. The fraction of sp³-hybridized carbons (Fsp3) is 0.296. The van der Waals surface area contributed by atoms with Crippen molar-refractivity contribution in [1.82, 2.24) is 14.3 Å². The molecule has 1 fully saturated rings. The van der Waals surface area contributed by atoms with Crippen LogP contribution in [0.4, 0.5) is 8.78 Å². The first kappa shape index (κ1) is 21.6. The summed E-state index contributed by atoms with van der Waals surface area (Å²) in [7, 11) is 0. The predicted molar refractivity (Wildman–Crippen MR) is 125 cm³/mol. The molecular weight excluding hydrogens is 420 g/mol. The summed E-state index contributed by atoms with van der Waals surface area (Å²) < 4.78 is 35.9. The molecule has 0 saturated carbocycles.